The number of aromatic nitrogens is 1. The largest absolute Gasteiger partial charge is 0.480 e. The maximum Gasteiger partial charge on any atom is 0.363 e. The zero-order valence-electron chi connectivity index (χ0n) is 9.65. The number of aliphatic carboxylic acids is 1. The first-order chi connectivity index (χ1) is 8.59. The third-order valence-corrected chi connectivity index (χ3v) is 3.04. The highest BCUT2D eigenvalue weighted by Crippen LogP contribution is 2.25. The summed E-state index contributed by atoms with van der Waals surface area (Å²) in [5.74, 6) is -1.10. The maximum absolute atomic E-state index is 11.1. The molecule has 1 aromatic rings. The van der Waals surface area contributed by atoms with Gasteiger partial charge in [0.15, 0.2) is 6.20 Å². The van der Waals surface area contributed by atoms with E-state index in [0.29, 0.717) is 18.7 Å². The van der Waals surface area contributed by atoms with E-state index in [2.05, 4.69) is 4.98 Å². The molecule has 1 saturated heterocycles. The van der Waals surface area contributed by atoms with Crippen molar-refractivity contribution in [2.45, 2.75) is 25.3 Å². The van der Waals surface area contributed by atoms with Gasteiger partial charge in [-0.3, -0.25) is 0 Å². The third-order valence-electron chi connectivity index (χ3n) is 3.04. The molecule has 18 heavy (non-hydrogen) atoms. The van der Waals surface area contributed by atoms with Gasteiger partial charge in [0.25, 0.3) is 0 Å². The fourth-order valence-electron chi connectivity index (χ4n) is 2.15. The summed E-state index contributed by atoms with van der Waals surface area (Å²) in [4.78, 5) is 26.5. The van der Waals surface area contributed by atoms with Gasteiger partial charge in [0.2, 0.25) is 0 Å². The summed E-state index contributed by atoms with van der Waals surface area (Å²) in [5.41, 5.74) is 0.618. The predicted molar refractivity (Wildman–Crippen MR) is 63.5 cm³/mol. The molecule has 0 spiro atoms. The Kier molecular flexibility index (Phi) is 3.40. The molecule has 1 aliphatic heterocycles. The van der Waals surface area contributed by atoms with Gasteiger partial charge in [-0.2, -0.15) is 0 Å². The van der Waals surface area contributed by atoms with Crippen molar-refractivity contribution in [3.63, 3.8) is 0 Å². The second-order valence-electron chi connectivity index (χ2n) is 4.17. The number of rotatable bonds is 3. The summed E-state index contributed by atoms with van der Waals surface area (Å²) in [5, 5.41) is 19.6. The second kappa shape index (κ2) is 4.99. The summed E-state index contributed by atoms with van der Waals surface area (Å²) in [6, 6.07) is 2.27. The Morgan fingerprint density at radius 2 is 2.28 bits per heavy atom. The molecule has 2 rings (SSSR count). The molecule has 1 N–H and O–H groups in total. The van der Waals surface area contributed by atoms with E-state index in [4.69, 9.17) is 5.11 Å². The van der Waals surface area contributed by atoms with Crippen molar-refractivity contribution >= 4 is 17.5 Å². The highest BCUT2D eigenvalue weighted by atomic mass is 16.6. The van der Waals surface area contributed by atoms with Crippen LogP contribution in [0.5, 0.6) is 0 Å². The Morgan fingerprint density at radius 1 is 1.50 bits per heavy atom. The van der Waals surface area contributed by atoms with Crippen molar-refractivity contribution in [3.8, 4) is 0 Å². The van der Waals surface area contributed by atoms with Gasteiger partial charge in [0.1, 0.15) is 6.04 Å². The molecule has 0 bridgehead atoms. The first kappa shape index (κ1) is 12.3. The number of piperidine rings is 1. The minimum Gasteiger partial charge on any atom is -0.480 e. The molecule has 1 unspecified atom stereocenters. The van der Waals surface area contributed by atoms with Crippen LogP contribution in [0.4, 0.5) is 11.5 Å². The molecule has 0 aliphatic carbocycles. The topological polar surface area (TPSA) is 96.6 Å². The Balaban J connectivity index is 2.23. The molecule has 1 aliphatic rings. The molecule has 0 radical (unpaired) electrons. The van der Waals surface area contributed by atoms with Crippen LogP contribution >= 0.6 is 0 Å². The van der Waals surface area contributed by atoms with Gasteiger partial charge in [0, 0.05) is 12.6 Å². The van der Waals surface area contributed by atoms with Crippen molar-refractivity contribution in [3.05, 3.63) is 28.4 Å². The Hall–Kier alpha value is -2.18. The summed E-state index contributed by atoms with van der Waals surface area (Å²) in [7, 11) is 0. The number of anilines is 1. The summed E-state index contributed by atoms with van der Waals surface area (Å²) < 4.78 is 0. The van der Waals surface area contributed by atoms with Crippen LogP contribution in [0.3, 0.4) is 0 Å². The third kappa shape index (κ3) is 2.39. The van der Waals surface area contributed by atoms with E-state index in [0.717, 1.165) is 12.8 Å². The number of nitro groups is 1. The van der Waals surface area contributed by atoms with Crippen LogP contribution in [0, 0.1) is 10.1 Å². The molecule has 7 nitrogen and oxygen atoms in total. The fourth-order valence-corrected chi connectivity index (χ4v) is 2.15. The Bertz CT molecular complexity index is 460. The van der Waals surface area contributed by atoms with Gasteiger partial charge in [-0.1, -0.05) is 0 Å². The monoisotopic (exact) mass is 251 g/mol. The standard InChI is InChI=1S/C11H13N3O4/c15-11(16)9-3-1-2-6-13(9)8-4-5-10(12-7-8)14(17)18/h4-5,7,9H,1-3,6H2,(H,15,16). The van der Waals surface area contributed by atoms with Crippen LogP contribution in [-0.2, 0) is 4.79 Å². The lowest BCUT2D eigenvalue weighted by molar-refractivity contribution is -0.389. The van der Waals surface area contributed by atoms with E-state index in [1.807, 2.05) is 0 Å². The maximum atomic E-state index is 11.1. The van der Waals surface area contributed by atoms with E-state index in [1.54, 1.807) is 11.0 Å². The number of carbonyl (C=O) groups is 1. The summed E-state index contributed by atoms with van der Waals surface area (Å²) >= 11 is 0. The molecule has 0 aromatic carbocycles. The smallest absolute Gasteiger partial charge is 0.363 e. The van der Waals surface area contributed by atoms with Gasteiger partial charge in [-0.05, 0) is 35.2 Å². The lowest BCUT2D eigenvalue weighted by Crippen LogP contribution is -2.44. The molecule has 1 atom stereocenters. The predicted octanol–water partition coefficient (Wildman–Crippen LogP) is 1.43. The Labute approximate surface area is 103 Å². The first-order valence-electron chi connectivity index (χ1n) is 5.69. The van der Waals surface area contributed by atoms with Crippen LogP contribution in [0.2, 0.25) is 0 Å². The molecule has 1 fully saturated rings. The zero-order valence-corrected chi connectivity index (χ0v) is 9.65. The molecule has 7 heteroatoms. The molecular formula is C11H13N3O4. The van der Waals surface area contributed by atoms with Crippen molar-refractivity contribution in [2.24, 2.45) is 0 Å². The Morgan fingerprint density at radius 3 is 2.83 bits per heavy atom. The number of carboxylic acid groups (broad SMARTS) is 1. The molecule has 0 amide bonds. The minimum absolute atomic E-state index is 0.234. The number of nitrogens with zero attached hydrogens (tertiary/aromatic N) is 3. The molecule has 2 heterocycles. The molecular weight excluding hydrogens is 238 g/mol. The number of pyridine rings is 1. The SMILES string of the molecule is O=C(O)C1CCCCN1c1ccc([N+](=O)[O-])nc1. The average Bonchev–Trinajstić information content (AvgIpc) is 2.39. The van der Waals surface area contributed by atoms with Gasteiger partial charge in [0.05, 0.1) is 5.69 Å². The van der Waals surface area contributed by atoms with Gasteiger partial charge < -0.3 is 20.1 Å². The first-order valence-corrected chi connectivity index (χ1v) is 5.69. The summed E-state index contributed by atoms with van der Waals surface area (Å²) in [6.45, 7) is 0.635. The lowest BCUT2D eigenvalue weighted by atomic mass is 10.0. The zero-order chi connectivity index (χ0) is 13.1. The van der Waals surface area contributed by atoms with E-state index in [-0.39, 0.29) is 5.82 Å². The normalized spacial score (nSPS) is 19.6. The summed E-state index contributed by atoms with van der Waals surface area (Å²) in [6.07, 6.45) is 3.75. The van der Waals surface area contributed by atoms with Crippen molar-refractivity contribution in [1.29, 1.82) is 0 Å². The highest BCUT2D eigenvalue weighted by Gasteiger charge is 2.29. The van der Waals surface area contributed by atoms with Crippen molar-refractivity contribution < 1.29 is 14.8 Å². The van der Waals surface area contributed by atoms with Crippen LogP contribution in [0.1, 0.15) is 19.3 Å². The van der Waals surface area contributed by atoms with Crippen molar-refractivity contribution in [2.75, 3.05) is 11.4 Å². The van der Waals surface area contributed by atoms with Gasteiger partial charge >= 0.3 is 11.8 Å². The van der Waals surface area contributed by atoms with Crippen molar-refractivity contribution in [1.82, 2.24) is 4.98 Å². The second-order valence-corrected chi connectivity index (χ2v) is 4.17. The number of hydrogen-bond acceptors (Lipinski definition) is 5. The lowest BCUT2D eigenvalue weighted by Gasteiger charge is -2.33. The number of hydrogen-bond donors (Lipinski definition) is 1. The number of carboxylic acids is 1. The van der Waals surface area contributed by atoms with E-state index in [1.165, 1.54) is 12.3 Å². The highest BCUT2D eigenvalue weighted by molar-refractivity contribution is 5.78. The van der Waals surface area contributed by atoms with Gasteiger partial charge in [-0.25, -0.2) is 4.79 Å². The van der Waals surface area contributed by atoms with Gasteiger partial charge in [-0.15, -0.1) is 0 Å². The van der Waals surface area contributed by atoms with Crippen LogP contribution in [0.15, 0.2) is 18.3 Å². The fraction of sp³-hybridized carbons (Fsp3) is 0.455. The minimum atomic E-state index is -0.868. The molecule has 0 saturated carbocycles. The quantitative estimate of drug-likeness (QED) is 0.644. The van der Waals surface area contributed by atoms with Crippen LogP contribution in [-0.4, -0.2) is 33.6 Å². The molecule has 96 valence electrons. The van der Waals surface area contributed by atoms with E-state index in [9.17, 15) is 14.9 Å². The van der Waals surface area contributed by atoms with E-state index < -0.39 is 16.9 Å². The van der Waals surface area contributed by atoms with Crippen LogP contribution in [0.25, 0.3) is 0 Å². The van der Waals surface area contributed by atoms with E-state index >= 15 is 0 Å². The average molecular weight is 251 g/mol. The molecule has 1 aromatic heterocycles. The van der Waals surface area contributed by atoms with Crippen LogP contribution < -0.4 is 4.90 Å².